The molecule has 148 valence electrons. The Bertz CT molecular complexity index is 629. The maximum Gasteiger partial charge on any atom is 0.463 e. The van der Waals surface area contributed by atoms with E-state index in [0.29, 0.717) is 25.7 Å². The molecule has 1 saturated carbocycles. The fraction of sp³-hybridized carbons (Fsp3) is 0.895. The molecule has 1 aliphatic carbocycles. The van der Waals surface area contributed by atoms with Crippen molar-refractivity contribution in [2.45, 2.75) is 76.1 Å². The van der Waals surface area contributed by atoms with E-state index < -0.39 is 0 Å². The molecular formula is C19H31BN4O3. The molecule has 0 bridgehead atoms. The van der Waals surface area contributed by atoms with Gasteiger partial charge in [0.25, 0.3) is 0 Å². The van der Waals surface area contributed by atoms with Crippen LogP contribution in [0.15, 0.2) is 0 Å². The van der Waals surface area contributed by atoms with Crippen LogP contribution in [-0.2, 0) is 9.31 Å². The summed E-state index contributed by atoms with van der Waals surface area (Å²) in [6, 6.07) is 2.85. The maximum atomic E-state index is 13.0. The summed E-state index contributed by atoms with van der Waals surface area (Å²) < 4.78 is 12.4. The summed E-state index contributed by atoms with van der Waals surface area (Å²) in [5.74, 6) is 0.203. The van der Waals surface area contributed by atoms with Gasteiger partial charge in [-0.05, 0) is 47.0 Å². The van der Waals surface area contributed by atoms with Crippen molar-refractivity contribution in [2.75, 3.05) is 32.7 Å². The lowest BCUT2D eigenvalue weighted by atomic mass is 9.71. The maximum absolute atomic E-state index is 13.0. The smallest absolute Gasteiger partial charge is 0.403 e. The van der Waals surface area contributed by atoms with E-state index in [1.54, 1.807) is 0 Å². The van der Waals surface area contributed by atoms with Crippen molar-refractivity contribution in [2.24, 2.45) is 0 Å². The third-order valence-electron chi connectivity index (χ3n) is 7.01. The lowest BCUT2D eigenvalue weighted by Crippen LogP contribution is -2.57. The van der Waals surface area contributed by atoms with Crippen LogP contribution in [0.2, 0.25) is 5.82 Å². The number of carbonyl (C=O) groups is 1. The van der Waals surface area contributed by atoms with Gasteiger partial charge in [0.2, 0.25) is 0 Å². The average molecular weight is 374 g/mol. The predicted octanol–water partition coefficient (Wildman–Crippen LogP) is 1.95. The Labute approximate surface area is 162 Å². The first-order valence-corrected chi connectivity index (χ1v) is 10.3. The Morgan fingerprint density at radius 3 is 2.22 bits per heavy atom. The van der Waals surface area contributed by atoms with E-state index in [9.17, 15) is 10.1 Å². The van der Waals surface area contributed by atoms with E-state index >= 15 is 0 Å². The van der Waals surface area contributed by atoms with Crippen LogP contribution in [0.25, 0.3) is 0 Å². The van der Waals surface area contributed by atoms with Gasteiger partial charge in [-0.1, -0.05) is 0 Å². The molecule has 0 N–H and O–H groups in total. The number of carbonyl (C=O) groups excluding carboxylic acids is 1. The van der Waals surface area contributed by atoms with Gasteiger partial charge in [-0.15, -0.1) is 0 Å². The molecule has 3 heterocycles. The third-order valence-corrected chi connectivity index (χ3v) is 7.01. The Morgan fingerprint density at radius 2 is 1.63 bits per heavy atom. The van der Waals surface area contributed by atoms with Crippen LogP contribution >= 0.6 is 0 Å². The molecule has 0 aromatic heterocycles. The molecule has 2 atom stereocenters. The second-order valence-electron chi connectivity index (χ2n) is 9.46. The number of likely N-dealkylation sites (tertiary alicyclic amines) is 1. The number of amides is 2. The summed E-state index contributed by atoms with van der Waals surface area (Å²) in [4.78, 5) is 19.1. The van der Waals surface area contributed by atoms with Gasteiger partial charge in [-0.25, -0.2) is 4.79 Å². The molecule has 4 aliphatic rings. The van der Waals surface area contributed by atoms with Crippen molar-refractivity contribution in [3.05, 3.63) is 0 Å². The van der Waals surface area contributed by atoms with Crippen molar-refractivity contribution >= 4 is 13.1 Å². The van der Waals surface area contributed by atoms with Crippen LogP contribution in [0.4, 0.5) is 4.79 Å². The number of rotatable bonds is 2. The molecule has 0 spiro atoms. The lowest BCUT2D eigenvalue weighted by Gasteiger charge is -2.39. The molecule has 3 saturated heterocycles. The molecule has 2 unspecified atom stereocenters. The predicted molar refractivity (Wildman–Crippen MR) is 102 cm³/mol. The first-order valence-electron chi connectivity index (χ1n) is 10.3. The minimum absolute atomic E-state index is 0.0599. The Kier molecular flexibility index (Phi) is 4.69. The third kappa shape index (κ3) is 3.46. The normalized spacial score (nSPS) is 33.4. The number of urea groups is 1. The fourth-order valence-electron chi connectivity index (χ4n) is 4.39. The molecule has 0 radical (unpaired) electrons. The zero-order chi connectivity index (χ0) is 19.4. The number of hydrogen-bond acceptors (Lipinski definition) is 5. The van der Waals surface area contributed by atoms with E-state index in [4.69, 9.17) is 9.31 Å². The lowest BCUT2D eigenvalue weighted by molar-refractivity contribution is 0.00578. The van der Waals surface area contributed by atoms with Gasteiger partial charge >= 0.3 is 13.1 Å². The molecule has 4 rings (SSSR count). The van der Waals surface area contributed by atoms with Gasteiger partial charge in [0.15, 0.2) is 0 Å². The summed E-state index contributed by atoms with van der Waals surface area (Å²) >= 11 is 0. The highest BCUT2D eigenvalue weighted by atomic mass is 16.7. The van der Waals surface area contributed by atoms with Gasteiger partial charge in [0, 0.05) is 38.0 Å². The van der Waals surface area contributed by atoms with E-state index in [2.05, 4.69) is 38.7 Å². The first kappa shape index (κ1) is 19.0. The summed E-state index contributed by atoms with van der Waals surface area (Å²) in [7, 11) is -0.258. The zero-order valence-corrected chi connectivity index (χ0v) is 17.0. The second kappa shape index (κ2) is 6.65. The number of hydrogen-bond donors (Lipinski definition) is 0. The van der Waals surface area contributed by atoms with Gasteiger partial charge < -0.3 is 19.1 Å². The molecule has 3 aliphatic heterocycles. The summed E-state index contributed by atoms with van der Waals surface area (Å²) in [6.07, 6.45) is 3.27. The largest absolute Gasteiger partial charge is 0.463 e. The van der Waals surface area contributed by atoms with Crippen LogP contribution < -0.4 is 0 Å². The highest BCUT2D eigenvalue weighted by Crippen LogP contribution is 2.42. The summed E-state index contributed by atoms with van der Waals surface area (Å²) in [6.45, 7) is 11.7. The van der Waals surface area contributed by atoms with Crippen molar-refractivity contribution in [3.63, 3.8) is 0 Å². The van der Waals surface area contributed by atoms with Gasteiger partial charge in [-0.3, -0.25) is 4.90 Å². The summed E-state index contributed by atoms with van der Waals surface area (Å²) in [5.41, 5.74) is -0.678. The average Bonchev–Trinajstić information content (AvgIpc) is 3.29. The number of nitriles is 1. The van der Waals surface area contributed by atoms with E-state index in [-0.39, 0.29) is 36.2 Å². The molecule has 8 heteroatoms. The van der Waals surface area contributed by atoms with Crippen molar-refractivity contribution in [1.29, 1.82) is 5.26 Å². The van der Waals surface area contributed by atoms with Gasteiger partial charge in [-0.2, -0.15) is 5.26 Å². The molecule has 0 aromatic carbocycles. The highest BCUT2D eigenvalue weighted by Gasteiger charge is 2.55. The Hall–Kier alpha value is -1.30. The monoisotopic (exact) mass is 374 g/mol. The number of nitrogens with zero attached hydrogens (tertiary/aromatic N) is 4. The van der Waals surface area contributed by atoms with Gasteiger partial charge in [0.05, 0.1) is 23.8 Å². The Morgan fingerprint density at radius 1 is 1.00 bits per heavy atom. The second-order valence-corrected chi connectivity index (χ2v) is 9.46. The zero-order valence-electron chi connectivity index (χ0n) is 17.0. The minimum Gasteiger partial charge on any atom is -0.403 e. The van der Waals surface area contributed by atoms with Crippen LogP contribution in [0.5, 0.6) is 0 Å². The Balaban J connectivity index is 1.34. The van der Waals surface area contributed by atoms with Gasteiger partial charge in [0.1, 0.15) is 6.04 Å². The topological polar surface area (TPSA) is 69.0 Å². The standard InChI is InChI=1S/C19H31BN4O3/c1-18(2)19(3,4)27-20(26-18)14-7-8-22(12-14)17(25)23-9-10-24(15-5-6-15)16(11-21)13-23/h14-16H,5-10,12-13H2,1-4H3. The molecule has 2 amide bonds. The molecular weight excluding hydrogens is 343 g/mol. The van der Waals surface area contributed by atoms with Crippen molar-refractivity contribution in [3.8, 4) is 6.07 Å². The van der Waals surface area contributed by atoms with Crippen LogP contribution in [-0.4, -0.2) is 83.9 Å². The molecule has 27 heavy (non-hydrogen) atoms. The minimum atomic E-state index is -0.339. The highest BCUT2D eigenvalue weighted by molar-refractivity contribution is 6.47. The van der Waals surface area contributed by atoms with Crippen LogP contribution in [0.1, 0.15) is 47.0 Å². The summed E-state index contributed by atoms with van der Waals surface area (Å²) in [5, 5.41) is 9.51. The molecule has 0 aromatic rings. The molecule has 4 fully saturated rings. The van der Waals surface area contributed by atoms with Crippen molar-refractivity contribution in [1.82, 2.24) is 14.7 Å². The molecule has 7 nitrogen and oxygen atoms in total. The van der Waals surface area contributed by atoms with Crippen LogP contribution in [0, 0.1) is 11.3 Å². The van der Waals surface area contributed by atoms with E-state index in [1.165, 1.54) is 12.8 Å². The number of piperazine rings is 1. The SMILES string of the molecule is CC1(C)OB(C2CCN(C(=O)N3CCN(C4CC4)C(C#N)C3)C2)OC1(C)C. The fourth-order valence-corrected chi connectivity index (χ4v) is 4.39. The van der Waals surface area contributed by atoms with E-state index in [1.807, 2.05) is 9.80 Å². The quantitative estimate of drug-likeness (QED) is 0.691. The van der Waals surface area contributed by atoms with Crippen molar-refractivity contribution < 1.29 is 14.1 Å². The van der Waals surface area contributed by atoms with E-state index in [0.717, 1.165) is 19.5 Å². The van der Waals surface area contributed by atoms with Crippen LogP contribution in [0.3, 0.4) is 0 Å². The first-order chi connectivity index (χ1) is 12.7.